The van der Waals surface area contributed by atoms with Crippen LogP contribution < -0.4 is 20.3 Å². The first-order valence-electron chi connectivity index (χ1n) is 10.3. The lowest BCUT2D eigenvalue weighted by Gasteiger charge is -2.10. The number of para-hydroxylation sites is 1. The van der Waals surface area contributed by atoms with Crippen LogP contribution in [0.4, 0.5) is 5.69 Å². The van der Waals surface area contributed by atoms with Crippen molar-refractivity contribution >= 4 is 29.3 Å². The van der Waals surface area contributed by atoms with Gasteiger partial charge in [-0.3, -0.25) is 14.3 Å². The molecule has 0 saturated carbocycles. The van der Waals surface area contributed by atoms with Crippen LogP contribution in [-0.2, 0) is 11.8 Å². The summed E-state index contributed by atoms with van der Waals surface area (Å²) in [7, 11) is 1.72. The number of carbonyl (C=O) groups excluding carboxylic acids is 1. The Morgan fingerprint density at radius 2 is 1.94 bits per heavy atom. The molecule has 4 rings (SSSR count). The Kier molecular flexibility index (Phi) is 6.24. The van der Waals surface area contributed by atoms with Gasteiger partial charge in [-0.15, -0.1) is 0 Å². The molecule has 2 aromatic carbocycles. The van der Waals surface area contributed by atoms with Crippen molar-refractivity contribution in [1.82, 2.24) is 9.36 Å². The van der Waals surface area contributed by atoms with E-state index in [0.717, 1.165) is 6.42 Å². The number of nitriles is 1. The third-order valence-corrected chi connectivity index (χ3v) is 5.57. The fourth-order valence-electron chi connectivity index (χ4n) is 3.54. The SMILES string of the molecule is Cc1c(NC(=O)/C(C#N)=C/c2cc(Cl)c3c(c2)OCCCO3)c(=O)n(-c2ccccc2)n1C. The molecule has 1 amide bonds. The molecule has 0 saturated heterocycles. The first-order valence-corrected chi connectivity index (χ1v) is 10.6. The van der Waals surface area contributed by atoms with Crippen LogP contribution in [-0.4, -0.2) is 28.5 Å². The van der Waals surface area contributed by atoms with E-state index in [1.807, 2.05) is 24.3 Å². The Hall–Kier alpha value is -3.96. The lowest BCUT2D eigenvalue weighted by atomic mass is 10.1. The molecule has 0 radical (unpaired) electrons. The number of rotatable bonds is 4. The van der Waals surface area contributed by atoms with E-state index in [1.165, 1.54) is 10.8 Å². The normalized spacial score (nSPS) is 13.2. The van der Waals surface area contributed by atoms with E-state index in [-0.39, 0.29) is 11.3 Å². The summed E-state index contributed by atoms with van der Waals surface area (Å²) in [5.41, 5.74) is 1.23. The van der Waals surface area contributed by atoms with Gasteiger partial charge in [-0.25, -0.2) is 4.68 Å². The number of amides is 1. The summed E-state index contributed by atoms with van der Waals surface area (Å²) in [6.07, 6.45) is 2.11. The Bertz CT molecular complexity index is 1350. The highest BCUT2D eigenvalue weighted by Gasteiger charge is 2.21. The molecule has 168 valence electrons. The molecule has 33 heavy (non-hydrogen) atoms. The molecule has 1 N–H and O–H groups in total. The molecule has 8 nitrogen and oxygen atoms in total. The van der Waals surface area contributed by atoms with E-state index in [1.54, 1.807) is 42.9 Å². The van der Waals surface area contributed by atoms with Crippen molar-refractivity contribution in [2.24, 2.45) is 7.05 Å². The van der Waals surface area contributed by atoms with Crippen molar-refractivity contribution in [2.75, 3.05) is 18.5 Å². The molecule has 1 aliphatic heterocycles. The summed E-state index contributed by atoms with van der Waals surface area (Å²) < 4.78 is 14.4. The second-order valence-electron chi connectivity index (χ2n) is 7.44. The number of nitrogens with one attached hydrogen (secondary N) is 1. The molecule has 9 heteroatoms. The second-order valence-corrected chi connectivity index (χ2v) is 7.85. The molecule has 0 atom stereocenters. The molecule has 0 bridgehead atoms. The molecular formula is C24H21ClN4O4. The van der Waals surface area contributed by atoms with Crippen molar-refractivity contribution < 1.29 is 14.3 Å². The van der Waals surface area contributed by atoms with Crippen molar-refractivity contribution in [1.29, 1.82) is 5.26 Å². The number of nitrogens with zero attached hydrogens (tertiary/aromatic N) is 3. The molecule has 1 aliphatic rings. The van der Waals surface area contributed by atoms with E-state index in [2.05, 4.69) is 5.32 Å². The Morgan fingerprint density at radius 1 is 1.21 bits per heavy atom. The maximum absolute atomic E-state index is 13.0. The maximum atomic E-state index is 13.0. The summed E-state index contributed by atoms with van der Waals surface area (Å²) in [6.45, 7) is 2.68. The van der Waals surface area contributed by atoms with Crippen LogP contribution in [0.3, 0.4) is 0 Å². The number of hydrogen-bond acceptors (Lipinski definition) is 5. The summed E-state index contributed by atoms with van der Waals surface area (Å²) in [5.74, 6) is 0.191. The van der Waals surface area contributed by atoms with Gasteiger partial charge < -0.3 is 14.8 Å². The largest absolute Gasteiger partial charge is 0.489 e. The van der Waals surface area contributed by atoms with Crippen LogP contribution in [0, 0.1) is 18.3 Å². The van der Waals surface area contributed by atoms with Gasteiger partial charge in [0, 0.05) is 13.5 Å². The van der Waals surface area contributed by atoms with E-state index < -0.39 is 11.5 Å². The van der Waals surface area contributed by atoms with Gasteiger partial charge >= 0.3 is 0 Å². The minimum absolute atomic E-state index is 0.101. The number of halogens is 1. The minimum atomic E-state index is -0.702. The third kappa shape index (κ3) is 4.36. The Labute approximate surface area is 195 Å². The molecule has 0 aliphatic carbocycles. The van der Waals surface area contributed by atoms with Crippen molar-refractivity contribution in [3.05, 3.63) is 74.7 Å². The van der Waals surface area contributed by atoms with Gasteiger partial charge in [0.1, 0.15) is 17.3 Å². The van der Waals surface area contributed by atoms with E-state index in [4.69, 9.17) is 21.1 Å². The molecule has 0 fully saturated rings. The summed E-state index contributed by atoms with van der Waals surface area (Å²) >= 11 is 6.31. The minimum Gasteiger partial charge on any atom is -0.489 e. The maximum Gasteiger partial charge on any atom is 0.295 e. The molecular weight excluding hydrogens is 444 g/mol. The van der Waals surface area contributed by atoms with E-state index >= 15 is 0 Å². The average Bonchev–Trinajstić information content (AvgIpc) is 2.97. The topological polar surface area (TPSA) is 98.3 Å². The van der Waals surface area contributed by atoms with Crippen LogP contribution in [0.5, 0.6) is 11.5 Å². The summed E-state index contributed by atoms with van der Waals surface area (Å²) in [6, 6.07) is 14.2. The first-order chi connectivity index (χ1) is 15.9. The van der Waals surface area contributed by atoms with E-state index in [9.17, 15) is 14.9 Å². The zero-order valence-electron chi connectivity index (χ0n) is 18.1. The van der Waals surface area contributed by atoms with Gasteiger partial charge in [0.05, 0.1) is 29.6 Å². The van der Waals surface area contributed by atoms with Crippen LogP contribution in [0.15, 0.2) is 52.8 Å². The zero-order chi connectivity index (χ0) is 23.5. The van der Waals surface area contributed by atoms with Gasteiger partial charge in [-0.05, 0) is 42.8 Å². The standard InChI is InChI=1S/C24H21ClN4O4/c1-15-21(24(31)29(28(15)2)18-7-4-3-5-8-18)27-23(30)17(14-26)11-16-12-19(25)22-20(13-16)32-9-6-10-33-22/h3-5,7-8,11-13H,6,9-10H2,1-2H3,(H,27,30)/b17-11+. The number of carbonyl (C=O) groups is 1. The summed E-state index contributed by atoms with van der Waals surface area (Å²) in [5, 5.41) is 12.5. The smallest absolute Gasteiger partial charge is 0.295 e. The molecule has 3 aromatic rings. The number of ether oxygens (including phenoxy) is 2. The quantitative estimate of drug-likeness (QED) is 0.467. The highest BCUT2D eigenvalue weighted by Crippen LogP contribution is 2.38. The van der Waals surface area contributed by atoms with Gasteiger partial charge in [-0.1, -0.05) is 29.8 Å². The Morgan fingerprint density at radius 3 is 2.67 bits per heavy atom. The molecule has 2 heterocycles. The molecule has 1 aromatic heterocycles. The van der Waals surface area contributed by atoms with Crippen LogP contribution in [0.1, 0.15) is 17.7 Å². The van der Waals surface area contributed by atoms with Gasteiger partial charge in [-0.2, -0.15) is 5.26 Å². The van der Waals surface area contributed by atoms with Gasteiger partial charge in [0.2, 0.25) is 0 Å². The fourth-order valence-corrected chi connectivity index (χ4v) is 3.82. The second kappa shape index (κ2) is 9.27. The average molecular weight is 465 g/mol. The van der Waals surface area contributed by atoms with Crippen molar-refractivity contribution in [3.8, 4) is 23.3 Å². The molecule has 0 spiro atoms. The predicted octanol–water partition coefficient (Wildman–Crippen LogP) is 3.84. The third-order valence-electron chi connectivity index (χ3n) is 5.29. The van der Waals surface area contributed by atoms with Gasteiger partial charge in [0.25, 0.3) is 11.5 Å². The van der Waals surface area contributed by atoms with Crippen LogP contribution >= 0.6 is 11.6 Å². The number of aromatic nitrogens is 2. The number of anilines is 1. The van der Waals surface area contributed by atoms with Crippen molar-refractivity contribution in [3.63, 3.8) is 0 Å². The van der Waals surface area contributed by atoms with Crippen molar-refractivity contribution in [2.45, 2.75) is 13.3 Å². The highest BCUT2D eigenvalue weighted by atomic mass is 35.5. The zero-order valence-corrected chi connectivity index (χ0v) is 18.8. The number of benzene rings is 2. The lowest BCUT2D eigenvalue weighted by Crippen LogP contribution is -2.23. The molecule has 0 unspecified atom stereocenters. The number of fused-ring (bicyclic) bond motifs is 1. The number of hydrogen-bond donors (Lipinski definition) is 1. The summed E-state index contributed by atoms with van der Waals surface area (Å²) in [4.78, 5) is 25.9. The highest BCUT2D eigenvalue weighted by molar-refractivity contribution is 6.32. The van der Waals surface area contributed by atoms with E-state index in [0.29, 0.717) is 46.7 Å². The predicted molar refractivity (Wildman–Crippen MR) is 125 cm³/mol. The monoisotopic (exact) mass is 464 g/mol. The lowest BCUT2D eigenvalue weighted by molar-refractivity contribution is -0.112. The first kappa shape index (κ1) is 22.2. The van der Waals surface area contributed by atoms with Gasteiger partial charge in [0.15, 0.2) is 11.5 Å². The van der Waals surface area contributed by atoms with Crippen LogP contribution in [0.25, 0.3) is 11.8 Å². The fraction of sp³-hybridized carbons (Fsp3) is 0.208. The Balaban J connectivity index is 1.66. The van der Waals surface area contributed by atoms with Crippen LogP contribution in [0.2, 0.25) is 5.02 Å².